The number of esters is 1. The van der Waals surface area contributed by atoms with E-state index in [4.69, 9.17) is 12.2 Å². The number of amides is 2. The fourth-order valence-electron chi connectivity index (χ4n) is 2.33. The molecule has 2 rings (SSSR count). The summed E-state index contributed by atoms with van der Waals surface area (Å²) in [6.45, 7) is 1.88. The number of rotatable bonds is 6. The highest BCUT2D eigenvalue weighted by Gasteiger charge is 2.10. The predicted molar refractivity (Wildman–Crippen MR) is 111 cm³/mol. The van der Waals surface area contributed by atoms with Crippen molar-refractivity contribution in [2.45, 2.75) is 19.8 Å². The van der Waals surface area contributed by atoms with Crippen LogP contribution in [0.1, 0.15) is 28.8 Å². The van der Waals surface area contributed by atoms with Crippen LogP contribution in [0.15, 0.2) is 48.5 Å². The van der Waals surface area contributed by atoms with Crippen LogP contribution in [0.3, 0.4) is 0 Å². The van der Waals surface area contributed by atoms with Crippen molar-refractivity contribution in [2.75, 3.05) is 17.7 Å². The largest absolute Gasteiger partial charge is 0.469 e. The Hall–Kier alpha value is -3.26. The van der Waals surface area contributed by atoms with E-state index in [2.05, 4.69) is 20.7 Å². The molecule has 3 N–H and O–H groups in total. The molecule has 0 saturated heterocycles. The van der Waals surface area contributed by atoms with Crippen LogP contribution in [0.25, 0.3) is 0 Å². The van der Waals surface area contributed by atoms with E-state index in [-0.39, 0.29) is 29.8 Å². The van der Waals surface area contributed by atoms with Gasteiger partial charge in [0.2, 0.25) is 5.91 Å². The summed E-state index contributed by atoms with van der Waals surface area (Å²) in [7, 11) is 1.26. The van der Waals surface area contributed by atoms with Crippen LogP contribution in [0, 0.1) is 6.92 Å². The number of methoxy groups -OCH3 is 1. The second-order valence-electron chi connectivity index (χ2n) is 5.92. The average molecular weight is 399 g/mol. The van der Waals surface area contributed by atoms with Gasteiger partial charge in [0.05, 0.1) is 13.5 Å². The lowest BCUT2D eigenvalue weighted by atomic mass is 10.1. The van der Waals surface area contributed by atoms with Crippen LogP contribution in [0.2, 0.25) is 0 Å². The number of anilines is 2. The molecule has 0 atom stereocenters. The van der Waals surface area contributed by atoms with E-state index >= 15 is 0 Å². The lowest BCUT2D eigenvalue weighted by Gasteiger charge is -2.11. The minimum absolute atomic E-state index is 0.0137. The van der Waals surface area contributed by atoms with Gasteiger partial charge in [-0.05, 0) is 55.0 Å². The van der Waals surface area contributed by atoms with Crippen LogP contribution in [0.5, 0.6) is 0 Å². The van der Waals surface area contributed by atoms with E-state index in [1.165, 1.54) is 7.11 Å². The van der Waals surface area contributed by atoms with Gasteiger partial charge in [-0.25, -0.2) is 0 Å². The molecule has 7 nitrogen and oxygen atoms in total. The second kappa shape index (κ2) is 10.2. The first kappa shape index (κ1) is 21.0. The smallest absolute Gasteiger partial charge is 0.306 e. The Kier molecular flexibility index (Phi) is 7.65. The number of aryl methyl sites for hydroxylation is 1. The molecule has 28 heavy (non-hydrogen) atoms. The van der Waals surface area contributed by atoms with Crippen molar-refractivity contribution in [3.05, 3.63) is 59.7 Å². The third kappa shape index (κ3) is 6.48. The average Bonchev–Trinajstić information content (AvgIpc) is 2.67. The molecule has 0 heterocycles. The Bertz CT molecular complexity index is 881. The molecule has 0 saturated carbocycles. The van der Waals surface area contributed by atoms with Crippen molar-refractivity contribution < 1.29 is 19.1 Å². The van der Waals surface area contributed by atoms with Crippen LogP contribution < -0.4 is 16.0 Å². The molecule has 0 unspecified atom stereocenters. The maximum Gasteiger partial charge on any atom is 0.306 e. The van der Waals surface area contributed by atoms with E-state index in [1.54, 1.807) is 30.3 Å². The highest BCUT2D eigenvalue weighted by molar-refractivity contribution is 7.80. The second-order valence-corrected chi connectivity index (χ2v) is 6.33. The summed E-state index contributed by atoms with van der Waals surface area (Å²) in [5, 5.41) is 8.30. The normalized spacial score (nSPS) is 9.93. The van der Waals surface area contributed by atoms with Crippen molar-refractivity contribution in [1.29, 1.82) is 0 Å². The number of nitrogens with one attached hydrogen (secondary N) is 3. The van der Waals surface area contributed by atoms with E-state index < -0.39 is 5.97 Å². The van der Waals surface area contributed by atoms with E-state index in [1.807, 2.05) is 25.1 Å². The van der Waals surface area contributed by atoms with Gasteiger partial charge in [-0.3, -0.25) is 14.4 Å². The Morgan fingerprint density at radius 2 is 1.54 bits per heavy atom. The topological polar surface area (TPSA) is 96.5 Å². The lowest BCUT2D eigenvalue weighted by molar-refractivity contribution is -0.142. The molecule has 0 aliphatic heterocycles. The standard InChI is InChI=1S/C20H21N3O4S/c1-13-5-3-4-6-16(13)19(26)21-14-7-9-15(10-8-14)22-20(28)23-17(24)11-12-18(25)27-2/h3-10H,11-12H2,1-2H3,(H,21,26)(H2,22,23,24,28). The zero-order valence-corrected chi connectivity index (χ0v) is 16.4. The van der Waals surface area contributed by atoms with E-state index in [0.29, 0.717) is 16.9 Å². The molecule has 0 aliphatic carbocycles. The molecule has 0 spiro atoms. The van der Waals surface area contributed by atoms with Gasteiger partial charge in [-0.2, -0.15) is 0 Å². The molecular weight excluding hydrogens is 378 g/mol. The quantitative estimate of drug-likeness (QED) is 0.510. The molecule has 146 valence electrons. The number of benzene rings is 2. The number of ether oxygens (including phenoxy) is 1. The molecule has 0 bridgehead atoms. The minimum atomic E-state index is -0.461. The van der Waals surface area contributed by atoms with Gasteiger partial charge in [-0.1, -0.05) is 18.2 Å². The minimum Gasteiger partial charge on any atom is -0.469 e. The highest BCUT2D eigenvalue weighted by atomic mass is 32.1. The van der Waals surface area contributed by atoms with Crippen molar-refractivity contribution in [3.63, 3.8) is 0 Å². The van der Waals surface area contributed by atoms with E-state index in [0.717, 1.165) is 5.56 Å². The van der Waals surface area contributed by atoms with Crippen LogP contribution in [0.4, 0.5) is 11.4 Å². The Balaban J connectivity index is 1.86. The summed E-state index contributed by atoms with van der Waals surface area (Å²) in [5.41, 5.74) is 2.78. The van der Waals surface area contributed by atoms with Gasteiger partial charge in [0.15, 0.2) is 5.11 Å². The first-order valence-electron chi connectivity index (χ1n) is 8.53. The summed E-state index contributed by atoms with van der Waals surface area (Å²) >= 11 is 5.07. The number of carbonyl (C=O) groups excluding carboxylic acids is 3. The summed E-state index contributed by atoms with van der Waals surface area (Å²) < 4.78 is 4.48. The molecule has 0 aliphatic rings. The molecule has 2 amide bonds. The molecule has 0 fully saturated rings. The van der Waals surface area contributed by atoms with Gasteiger partial charge in [0, 0.05) is 23.4 Å². The third-order valence-corrected chi connectivity index (χ3v) is 4.03. The fraction of sp³-hybridized carbons (Fsp3) is 0.200. The summed E-state index contributed by atoms with van der Waals surface area (Å²) in [4.78, 5) is 35.1. The first-order valence-corrected chi connectivity index (χ1v) is 8.94. The molecular formula is C20H21N3O4S. The zero-order chi connectivity index (χ0) is 20.5. The molecule has 8 heteroatoms. The number of hydrogen-bond acceptors (Lipinski definition) is 5. The number of hydrogen-bond donors (Lipinski definition) is 3. The van der Waals surface area contributed by atoms with Crippen LogP contribution in [-0.2, 0) is 14.3 Å². The van der Waals surface area contributed by atoms with Gasteiger partial charge in [-0.15, -0.1) is 0 Å². The lowest BCUT2D eigenvalue weighted by Crippen LogP contribution is -2.34. The maximum absolute atomic E-state index is 12.3. The SMILES string of the molecule is COC(=O)CCC(=O)NC(=S)Nc1ccc(NC(=O)c2ccccc2C)cc1. The van der Waals surface area contributed by atoms with Crippen molar-refractivity contribution >= 4 is 46.5 Å². The molecule has 0 aromatic heterocycles. The summed E-state index contributed by atoms with van der Waals surface area (Å²) in [5.74, 6) is -1.03. The van der Waals surface area contributed by atoms with E-state index in [9.17, 15) is 14.4 Å². The number of carbonyl (C=O) groups is 3. The van der Waals surface area contributed by atoms with Gasteiger partial charge in [0.1, 0.15) is 0 Å². The summed E-state index contributed by atoms with van der Waals surface area (Å²) in [6, 6.07) is 14.2. The Morgan fingerprint density at radius 3 is 2.14 bits per heavy atom. The monoisotopic (exact) mass is 399 g/mol. The Morgan fingerprint density at radius 1 is 0.929 bits per heavy atom. The van der Waals surface area contributed by atoms with Crippen molar-refractivity contribution in [1.82, 2.24) is 5.32 Å². The Labute approximate surface area is 168 Å². The summed E-state index contributed by atoms with van der Waals surface area (Å²) in [6.07, 6.45) is -0.0292. The number of thiocarbonyl (C=S) groups is 1. The predicted octanol–water partition coefficient (Wildman–Crippen LogP) is 3.01. The van der Waals surface area contributed by atoms with Crippen molar-refractivity contribution in [2.24, 2.45) is 0 Å². The van der Waals surface area contributed by atoms with Gasteiger partial charge < -0.3 is 20.7 Å². The molecule has 2 aromatic carbocycles. The zero-order valence-electron chi connectivity index (χ0n) is 15.6. The maximum atomic E-state index is 12.3. The van der Waals surface area contributed by atoms with Gasteiger partial charge >= 0.3 is 5.97 Å². The fourth-order valence-corrected chi connectivity index (χ4v) is 2.56. The van der Waals surface area contributed by atoms with Gasteiger partial charge in [0.25, 0.3) is 5.91 Å². The third-order valence-electron chi connectivity index (χ3n) is 3.83. The van der Waals surface area contributed by atoms with Crippen LogP contribution in [-0.4, -0.2) is 30.0 Å². The van der Waals surface area contributed by atoms with Crippen LogP contribution >= 0.6 is 12.2 Å². The van der Waals surface area contributed by atoms with Crippen molar-refractivity contribution in [3.8, 4) is 0 Å². The highest BCUT2D eigenvalue weighted by Crippen LogP contribution is 2.16. The first-order chi connectivity index (χ1) is 13.4. The molecule has 2 aromatic rings. The molecule has 0 radical (unpaired) electrons.